The summed E-state index contributed by atoms with van der Waals surface area (Å²) in [6.45, 7) is 12.7. The summed E-state index contributed by atoms with van der Waals surface area (Å²) in [6.07, 6.45) is 9.97. The van der Waals surface area contributed by atoms with E-state index in [1.807, 2.05) is 25.1 Å². The van der Waals surface area contributed by atoms with Crippen LogP contribution in [0, 0.1) is 17.8 Å². The summed E-state index contributed by atoms with van der Waals surface area (Å²) in [6, 6.07) is 12.0. The van der Waals surface area contributed by atoms with Crippen molar-refractivity contribution in [2.24, 2.45) is 17.8 Å². The summed E-state index contributed by atoms with van der Waals surface area (Å²) in [4.78, 5) is 21.4. The number of anilines is 1. The predicted molar refractivity (Wildman–Crippen MR) is 218 cm³/mol. The fourth-order valence-electron chi connectivity index (χ4n) is 10.7. The Morgan fingerprint density at radius 3 is 2.77 bits per heavy atom. The van der Waals surface area contributed by atoms with Gasteiger partial charge in [-0.15, -0.1) is 0 Å². The van der Waals surface area contributed by atoms with Gasteiger partial charge in [-0.05, 0) is 105 Å². The topological polar surface area (TPSA) is 110 Å². The first-order chi connectivity index (χ1) is 27.0. The highest BCUT2D eigenvalue weighted by atomic mass is 35.5. The molecule has 2 saturated heterocycles. The standard InChI is InChI=1S/C43H59ClN4O7S/c1-4-55-43(28-46-17-18-47-19-20-53-25-35(47)24-46)16-5-7-30(2)40(26-52-3)56(50,51)45-41(49)32-10-14-39-38(22-32)48(23-33-9-12-37(33)43)27-42(29-54-39)15-6-8-31-21-34(44)11-13-36(31)42/h5,10-11,13-14,16,21-22,30,33,35,37,40H,4,6-9,12,15,17-20,23-29H2,1-3H3,(H,45,49)/b16-5-/t30-,33-,35-,37+,40+,42-,43-/m0/s1. The lowest BCUT2D eigenvalue weighted by molar-refractivity contribution is -0.121. The second-order valence-electron chi connectivity index (χ2n) is 17.2. The van der Waals surface area contributed by atoms with Crippen LogP contribution >= 0.6 is 11.6 Å². The number of carbonyl (C=O) groups excluding carboxylic acids is 1. The van der Waals surface area contributed by atoms with Crippen LogP contribution in [0.5, 0.6) is 5.75 Å². The number of hydrogen-bond donors (Lipinski definition) is 1. The molecule has 2 aromatic rings. The van der Waals surface area contributed by atoms with E-state index in [4.69, 9.17) is 30.5 Å². The predicted octanol–water partition coefficient (Wildman–Crippen LogP) is 5.30. The maximum absolute atomic E-state index is 14.0. The number of piperazine rings is 1. The Bertz CT molecular complexity index is 1900. The number of benzene rings is 2. The van der Waals surface area contributed by atoms with Gasteiger partial charge in [0.1, 0.15) is 16.6 Å². The number of amides is 1. The van der Waals surface area contributed by atoms with Crippen LogP contribution in [0.3, 0.4) is 0 Å². The quantitative estimate of drug-likeness (QED) is 0.387. The zero-order valence-electron chi connectivity index (χ0n) is 33.2. The van der Waals surface area contributed by atoms with E-state index in [1.165, 1.54) is 18.2 Å². The van der Waals surface area contributed by atoms with Crippen molar-refractivity contribution in [3.8, 4) is 5.75 Å². The third-order valence-electron chi connectivity index (χ3n) is 13.7. The number of fused-ring (bicyclic) bond motifs is 5. The molecule has 7 atom stereocenters. The second kappa shape index (κ2) is 16.5. The Labute approximate surface area is 338 Å². The number of nitrogens with one attached hydrogen (secondary N) is 1. The van der Waals surface area contributed by atoms with Crippen molar-refractivity contribution < 1.29 is 32.2 Å². The van der Waals surface area contributed by atoms with E-state index in [9.17, 15) is 13.2 Å². The first-order valence-corrected chi connectivity index (χ1v) is 22.7. The molecule has 1 spiro atoms. The largest absolute Gasteiger partial charge is 0.490 e. The minimum Gasteiger partial charge on any atom is -0.490 e. The average Bonchev–Trinajstić information content (AvgIpc) is 3.31. The molecule has 6 aliphatic rings. The lowest BCUT2D eigenvalue weighted by atomic mass is 9.63. The highest BCUT2D eigenvalue weighted by molar-refractivity contribution is 7.90. The number of rotatable bonds is 6. The molecule has 11 nitrogen and oxygen atoms in total. The highest BCUT2D eigenvalue weighted by Gasteiger charge is 2.50. The maximum Gasteiger partial charge on any atom is 0.264 e. The Kier molecular flexibility index (Phi) is 11.8. The average molecular weight is 811 g/mol. The van der Waals surface area contributed by atoms with Crippen molar-refractivity contribution >= 4 is 33.2 Å². The van der Waals surface area contributed by atoms with Crippen molar-refractivity contribution in [1.29, 1.82) is 0 Å². The number of morpholine rings is 1. The van der Waals surface area contributed by atoms with Gasteiger partial charge in [-0.25, -0.2) is 13.1 Å². The summed E-state index contributed by atoms with van der Waals surface area (Å²) in [5.74, 6) is 0.262. The summed E-state index contributed by atoms with van der Waals surface area (Å²) in [5, 5.41) is -0.196. The molecule has 0 radical (unpaired) electrons. The van der Waals surface area contributed by atoms with Gasteiger partial charge in [0.05, 0.1) is 32.1 Å². The van der Waals surface area contributed by atoms with Crippen LogP contribution < -0.4 is 14.4 Å². The lowest BCUT2D eigenvalue weighted by Gasteiger charge is -2.53. The number of allylic oxidation sites excluding steroid dienone is 1. The number of methoxy groups -OCH3 is 1. The smallest absolute Gasteiger partial charge is 0.264 e. The molecule has 4 heterocycles. The fraction of sp³-hybridized carbons (Fsp3) is 0.651. The monoisotopic (exact) mass is 810 g/mol. The van der Waals surface area contributed by atoms with Crippen LogP contribution in [0.25, 0.3) is 0 Å². The third kappa shape index (κ3) is 7.88. The fourth-order valence-corrected chi connectivity index (χ4v) is 12.4. The molecule has 4 aliphatic heterocycles. The van der Waals surface area contributed by atoms with Crippen molar-refractivity contribution in [3.63, 3.8) is 0 Å². The van der Waals surface area contributed by atoms with E-state index < -0.39 is 26.8 Å². The molecular weight excluding hydrogens is 752 g/mol. The molecule has 1 amide bonds. The lowest BCUT2D eigenvalue weighted by Crippen LogP contribution is -2.62. The number of carbonyl (C=O) groups is 1. The molecule has 306 valence electrons. The van der Waals surface area contributed by atoms with Gasteiger partial charge in [0.2, 0.25) is 10.0 Å². The van der Waals surface area contributed by atoms with Gasteiger partial charge in [-0.1, -0.05) is 36.7 Å². The first kappa shape index (κ1) is 40.1. The van der Waals surface area contributed by atoms with Crippen molar-refractivity contribution in [2.75, 3.05) is 90.9 Å². The van der Waals surface area contributed by atoms with Crippen LogP contribution in [0.2, 0.25) is 5.02 Å². The van der Waals surface area contributed by atoms with Crippen LogP contribution in [0.1, 0.15) is 67.4 Å². The molecule has 2 aromatic carbocycles. The molecular formula is C43H59ClN4O7S. The van der Waals surface area contributed by atoms with Gasteiger partial charge < -0.3 is 23.8 Å². The summed E-state index contributed by atoms with van der Waals surface area (Å²) >= 11 is 6.53. The maximum atomic E-state index is 14.0. The summed E-state index contributed by atoms with van der Waals surface area (Å²) in [7, 11) is -2.61. The van der Waals surface area contributed by atoms with Crippen LogP contribution in [0.4, 0.5) is 5.69 Å². The van der Waals surface area contributed by atoms with Gasteiger partial charge in [0, 0.05) is 81.6 Å². The third-order valence-corrected chi connectivity index (χ3v) is 15.8. The number of hydrogen-bond acceptors (Lipinski definition) is 10. The van der Waals surface area contributed by atoms with Gasteiger partial charge in [0.25, 0.3) is 5.91 Å². The Hall–Kier alpha value is -2.71. The Morgan fingerprint density at radius 2 is 1.96 bits per heavy atom. The van der Waals surface area contributed by atoms with E-state index in [2.05, 4.69) is 50.6 Å². The molecule has 8 rings (SSSR count). The number of ether oxygens (including phenoxy) is 4. The molecule has 56 heavy (non-hydrogen) atoms. The van der Waals surface area contributed by atoms with Gasteiger partial charge in [-0.2, -0.15) is 0 Å². The van der Waals surface area contributed by atoms with E-state index >= 15 is 0 Å². The number of aryl methyl sites for hydroxylation is 1. The van der Waals surface area contributed by atoms with Gasteiger partial charge in [0.15, 0.2) is 0 Å². The van der Waals surface area contributed by atoms with Crippen LogP contribution in [0.15, 0.2) is 48.6 Å². The van der Waals surface area contributed by atoms with Crippen molar-refractivity contribution in [2.45, 2.75) is 74.7 Å². The van der Waals surface area contributed by atoms with Gasteiger partial charge in [-0.3, -0.25) is 14.6 Å². The molecule has 0 aromatic heterocycles. The van der Waals surface area contributed by atoms with E-state index in [0.29, 0.717) is 43.9 Å². The summed E-state index contributed by atoms with van der Waals surface area (Å²) in [5.41, 5.74) is 2.78. The molecule has 2 bridgehead atoms. The molecule has 1 saturated carbocycles. The SMILES string of the molecule is CCO[C@]1(CN2CCN3CCOC[C@@H]3C2)/C=C\C[C@H](C)[C@@H](COC)S(=O)(=O)NC(=O)c2ccc3c(c2)N(C[C@@H]2CC[C@H]21)C[C@@]1(CCCc2cc(Cl)ccc21)CO3. The number of sulfonamides is 1. The first-order valence-electron chi connectivity index (χ1n) is 20.7. The van der Waals surface area contributed by atoms with E-state index in [0.717, 1.165) is 95.3 Å². The number of nitrogens with zero attached hydrogens (tertiary/aromatic N) is 3. The Morgan fingerprint density at radius 1 is 1.09 bits per heavy atom. The minimum absolute atomic E-state index is 0.0345. The molecule has 2 aliphatic carbocycles. The summed E-state index contributed by atoms with van der Waals surface area (Å²) < 4.78 is 55.5. The molecule has 3 fully saturated rings. The van der Waals surface area contributed by atoms with Crippen molar-refractivity contribution in [3.05, 3.63) is 70.3 Å². The van der Waals surface area contributed by atoms with E-state index in [1.54, 1.807) is 6.07 Å². The molecule has 1 N–H and O–H groups in total. The zero-order valence-corrected chi connectivity index (χ0v) is 34.8. The van der Waals surface area contributed by atoms with Crippen molar-refractivity contribution in [1.82, 2.24) is 14.5 Å². The molecule has 13 heteroatoms. The zero-order chi connectivity index (χ0) is 39.1. The highest BCUT2D eigenvalue weighted by Crippen LogP contribution is 2.49. The minimum atomic E-state index is -4.11. The van der Waals surface area contributed by atoms with Crippen LogP contribution in [-0.2, 0) is 36.1 Å². The van der Waals surface area contributed by atoms with Crippen LogP contribution in [-0.4, -0.2) is 127 Å². The number of halogens is 1. The Balaban J connectivity index is 1.21. The molecule has 0 unspecified atom stereocenters. The van der Waals surface area contributed by atoms with Gasteiger partial charge >= 0.3 is 0 Å². The van der Waals surface area contributed by atoms with E-state index in [-0.39, 0.29) is 29.4 Å². The normalized spacial score (nSPS) is 34.2. The second-order valence-corrected chi connectivity index (χ2v) is 19.5.